The number of piperidine rings is 1. The molecule has 1 N–H and O–H groups in total. The number of hydrogen-bond acceptors (Lipinski definition) is 5. The van der Waals surface area contributed by atoms with Crippen LogP contribution in [0, 0.1) is 0 Å². The standard InChI is InChI=1S/C14H27N3O3/c1-14(2,13(19)20-5)15-11-6-8-17(9-7-11)10-12(18)16(3)4/h11,15H,6-10H2,1-5H3. The normalized spacial score (nSPS) is 17.9. The van der Waals surface area contributed by atoms with Crippen molar-refractivity contribution in [2.24, 2.45) is 0 Å². The first-order valence-corrected chi connectivity index (χ1v) is 7.05. The van der Waals surface area contributed by atoms with Gasteiger partial charge in [-0.05, 0) is 26.7 Å². The Morgan fingerprint density at radius 3 is 2.30 bits per heavy atom. The number of amides is 1. The summed E-state index contributed by atoms with van der Waals surface area (Å²) >= 11 is 0. The number of nitrogens with one attached hydrogen (secondary N) is 1. The number of likely N-dealkylation sites (tertiary alicyclic amines) is 1. The Kier molecular flexibility index (Phi) is 5.95. The van der Waals surface area contributed by atoms with Gasteiger partial charge >= 0.3 is 5.97 Å². The lowest BCUT2D eigenvalue weighted by Crippen LogP contribution is -2.55. The molecule has 0 aliphatic carbocycles. The molecule has 0 saturated carbocycles. The Morgan fingerprint density at radius 1 is 1.30 bits per heavy atom. The highest BCUT2D eigenvalue weighted by Crippen LogP contribution is 2.15. The molecule has 0 atom stereocenters. The molecule has 1 amide bonds. The predicted octanol–water partition coefficient (Wildman–Crippen LogP) is 0.0802. The van der Waals surface area contributed by atoms with Crippen molar-refractivity contribution in [3.63, 3.8) is 0 Å². The average molecular weight is 285 g/mol. The molecule has 0 unspecified atom stereocenters. The molecular weight excluding hydrogens is 258 g/mol. The van der Waals surface area contributed by atoms with Crippen LogP contribution in [0.15, 0.2) is 0 Å². The van der Waals surface area contributed by atoms with E-state index < -0.39 is 5.54 Å². The molecule has 0 aromatic heterocycles. The van der Waals surface area contributed by atoms with E-state index in [1.54, 1.807) is 19.0 Å². The third-order valence-electron chi connectivity index (χ3n) is 3.71. The third kappa shape index (κ3) is 4.76. The second kappa shape index (κ2) is 7.04. The Bertz CT molecular complexity index is 348. The highest BCUT2D eigenvalue weighted by molar-refractivity contribution is 5.79. The number of esters is 1. The maximum Gasteiger partial charge on any atom is 0.325 e. The molecule has 0 spiro atoms. The minimum absolute atomic E-state index is 0.131. The fraction of sp³-hybridized carbons (Fsp3) is 0.857. The molecule has 1 heterocycles. The lowest BCUT2D eigenvalue weighted by molar-refractivity contribution is -0.147. The van der Waals surface area contributed by atoms with Crippen LogP contribution in [0.25, 0.3) is 0 Å². The largest absolute Gasteiger partial charge is 0.468 e. The van der Waals surface area contributed by atoms with E-state index >= 15 is 0 Å². The summed E-state index contributed by atoms with van der Waals surface area (Å²) in [6.45, 7) is 5.88. The van der Waals surface area contributed by atoms with E-state index in [9.17, 15) is 9.59 Å². The van der Waals surface area contributed by atoms with Crippen LogP contribution < -0.4 is 5.32 Å². The van der Waals surface area contributed by atoms with Crippen LogP contribution in [-0.2, 0) is 14.3 Å². The first-order valence-electron chi connectivity index (χ1n) is 7.05. The van der Waals surface area contributed by atoms with Gasteiger partial charge in [0.2, 0.25) is 5.91 Å². The molecule has 116 valence electrons. The van der Waals surface area contributed by atoms with Gasteiger partial charge in [0.05, 0.1) is 13.7 Å². The van der Waals surface area contributed by atoms with Crippen LogP contribution in [0.2, 0.25) is 0 Å². The SMILES string of the molecule is COC(=O)C(C)(C)NC1CCN(CC(=O)N(C)C)CC1. The number of methoxy groups -OCH3 is 1. The second-order valence-electron chi connectivity index (χ2n) is 6.10. The Balaban J connectivity index is 2.39. The van der Waals surface area contributed by atoms with Gasteiger partial charge in [0, 0.05) is 33.2 Å². The lowest BCUT2D eigenvalue weighted by Gasteiger charge is -2.36. The van der Waals surface area contributed by atoms with Gasteiger partial charge < -0.3 is 9.64 Å². The van der Waals surface area contributed by atoms with Crippen molar-refractivity contribution in [2.75, 3.05) is 40.8 Å². The first kappa shape index (κ1) is 16.9. The molecule has 1 fully saturated rings. The Morgan fingerprint density at radius 2 is 1.85 bits per heavy atom. The number of rotatable bonds is 5. The van der Waals surface area contributed by atoms with Crippen LogP contribution in [0.3, 0.4) is 0 Å². The second-order valence-corrected chi connectivity index (χ2v) is 6.10. The molecule has 20 heavy (non-hydrogen) atoms. The number of ether oxygens (including phenoxy) is 1. The number of nitrogens with zero attached hydrogens (tertiary/aromatic N) is 2. The van der Waals surface area contributed by atoms with Gasteiger partial charge in [-0.1, -0.05) is 0 Å². The third-order valence-corrected chi connectivity index (χ3v) is 3.71. The molecule has 1 rings (SSSR count). The zero-order chi connectivity index (χ0) is 15.3. The zero-order valence-electron chi connectivity index (χ0n) is 13.2. The van der Waals surface area contributed by atoms with Crippen molar-refractivity contribution in [3.05, 3.63) is 0 Å². The summed E-state index contributed by atoms with van der Waals surface area (Å²) in [4.78, 5) is 27.1. The van der Waals surface area contributed by atoms with E-state index in [2.05, 4.69) is 10.2 Å². The average Bonchev–Trinajstić information content (AvgIpc) is 2.39. The number of hydrogen-bond donors (Lipinski definition) is 1. The minimum atomic E-state index is -0.666. The van der Waals surface area contributed by atoms with E-state index in [1.165, 1.54) is 7.11 Å². The van der Waals surface area contributed by atoms with E-state index in [0.29, 0.717) is 6.54 Å². The highest BCUT2D eigenvalue weighted by atomic mass is 16.5. The van der Waals surface area contributed by atoms with Gasteiger partial charge in [-0.2, -0.15) is 0 Å². The Labute approximate surface area is 121 Å². The molecule has 1 saturated heterocycles. The van der Waals surface area contributed by atoms with Gasteiger partial charge in [0.25, 0.3) is 0 Å². The molecule has 0 bridgehead atoms. The summed E-state index contributed by atoms with van der Waals surface area (Å²) in [5.41, 5.74) is -0.666. The van der Waals surface area contributed by atoms with Gasteiger partial charge in [-0.15, -0.1) is 0 Å². The molecule has 0 radical (unpaired) electrons. The van der Waals surface area contributed by atoms with Crippen molar-refractivity contribution >= 4 is 11.9 Å². The summed E-state index contributed by atoms with van der Waals surface area (Å²) in [5.74, 6) is -0.117. The quantitative estimate of drug-likeness (QED) is 0.725. The van der Waals surface area contributed by atoms with Crippen molar-refractivity contribution < 1.29 is 14.3 Å². The van der Waals surface area contributed by atoms with Crippen LogP contribution in [0.4, 0.5) is 0 Å². The number of likely N-dealkylation sites (N-methyl/N-ethyl adjacent to an activating group) is 1. The summed E-state index contributed by atoms with van der Waals surface area (Å²) in [6.07, 6.45) is 1.86. The van der Waals surface area contributed by atoms with E-state index in [-0.39, 0.29) is 17.9 Å². The fourth-order valence-corrected chi connectivity index (χ4v) is 2.39. The smallest absolute Gasteiger partial charge is 0.325 e. The van der Waals surface area contributed by atoms with E-state index in [4.69, 9.17) is 4.74 Å². The van der Waals surface area contributed by atoms with Crippen LogP contribution in [0.1, 0.15) is 26.7 Å². The van der Waals surface area contributed by atoms with E-state index in [1.807, 2.05) is 13.8 Å². The van der Waals surface area contributed by atoms with Gasteiger partial charge in [0.1, 0.15) is 5.54 Å². The van der Waals surface area contributed by atoms with Crippen LogP contribution in [0.5, 0.6) is 0 Å². The molecule has 1 aliphatic heterocycles. The monoisotopic (exact) mass is 285 g/mol. The van der Waals surface area contributed by atoms with Crippen LogP contribution >= 0.6 is 0 Å². The molecule has 1 aliphatic rings. The minimum Gasteiger partial charge on any atom is -0.468 e. The summed E-state index contributed by atoms with van der Waals surface area (Å²) in [6, 6.07) is 0.287. The maximum atomic E-state index is 11.7. The molecule has 0 aromatic carbocycles. The molecule has 0 aromatic rings. The fourth-order valence-electron chi connectivity index (χ4n) is 2.39. The summed E-state index contributed by atoms with van der Waals surface area (Å²) in [5, 5.41) is 3.35. The van der Waals surface area contributed by atoms with Crippen molar-refractivity contribution in [2.45, 2.75) is 38.3 Å². The van der Waals surface area contributed by atoms with Gasteiger partial charge in [-0.3, -0.25) is 19.8 Å². The van der Waals surface area contributed by atoms with Crippen molar-refractivity contribution in [1.29, 1.82) is 0 Å². The molecule has 6 nitrogen and oxygen atoms in total. The first-order chi connectivity index (χ1) is 9.26. The van der Waals surface area contributed by atoms with Crippen LogP contribution in [-0.4, -0.2) is 74.1 Å². The highest BCUT2D eigenvalue weighted by Gasteiger charge is 2.32. The number of carbonyl (C=O) groups excluding carboxylic acids is 2. The molecule has 6 heteroatoms. The molecular formula is C14H27N3O3. The predicted molar refractivity (Wildman–Crippen MR) is 77.4 cm³/mol. The van der Waals surface area contributed by atoms with Crippen molar-refractivity contribution in [1.82, 2.24) is 15.1 Å². The zero-order valence-corrected chi connectivity index (χ0v) is 13.2. The Hall–Kier alpha value is -1.14. The summed E-state index contributed by atoms with van der Waals surface area (Å²) in [7, 11) is 4.95. The van der Waals surface area contributed by atoms with Gasteiger partial charge in [0.15, 0.2) is 0 Å². The van der Waals surface area contributed by atoms with Crippen molar-refractivity contribution in [3.8, 4) is 0 Å². The van der Waals surface area contributed by atoms with E-state index in [0.717, 1.165) is 25.9 Å². The maximum absolute atomic E-state index is 11.7. The summed E-state index contributed by atoms with van der Waals surface area (Å²) < 4.78 is 4.79. The van der Waals surface area contributed by atoms with Gasteiger partial charge in [-0.25, -0.2) is 0 Å². The number of carbonyl (C=O) groups is 2. The topological polar surface area (TPSA) is 61.9 Å². The lowest BCUT2D eigenvalue weighted by atomic mass is 9.98.